The predicted molar refractivity (Wildman–Crippen MR) is 95.3 cm³/mol. The van der Waals surface area contributed by atoms with Gasteiger partial charge in [0.1, 0.15) is 0 Å². The van der Waals surface area contributed by atoms with Crippen molar-refractivity contribution in [3.63, 3.8) is 0 Å². The molecule has 0 atom stereocenters. The van der Waals surface area contributed by atoms with Crippen LogP contribution in [-0.4, -0.2) is 16.9 Å². The highest BCUT2D eigenvalue weighted by molar-refractivity contribution is 6.06. The molecule has 0 spiro atoms. The molecule has 1 aliphatic rings. The van der Waals surface area contributed by atoms with E-state index < -0.39 is 5.97 Å². The summed E-state index contributed by atoms with van der Waals surface area (Å²) in [6.07, 6.45) is 3.35. The van der Waals surface area contributed by atoms with E-state index >= 15 is 0 Å². The number of pyridine rings is 1. The van der Waals surface area contributed by atoms with Gasteiger partial charge >= 0.3 is 11.9 Å². The highest BCUT2D eigenvalue weighted by Crippen LogP contribution is 2.19. The van der Waals surface area contributed by atoms with Crippen molar-refractivity contribution >= 4 is 17.9 Å². The molecule has 0 radical (unpaired) electrons. The zero-order valence-electron chi connectivity index (χ0n) is 13.3. The Hall–Kier alpha value is -3.53. The van der Waals surface area contributed by atoms with Crippen molar-refractivity contribution in [2.45, 2.75) is 0 Å². The molecule has 2 heterocycles. The normalized spacial score (nSPS) is 15.1. The van der Waals surface area contributed by atoms with Crippen molar-refractivity contribution in [3.8, 4) is 11.1 Å². The molecule has 4 nitrogen and oxygen atoms in total. The number of nitrogens with one attached hydrogen (secondary N) is 1. The second-order valence-corrected chi connectivity index (χ2v) is 5.60. The van der Waals surface area contributed by atoms with Gasteiger partial charge in [-0.15, -0.1) is 0 Å². The molecule has 0 bridgehead atoms. The zero-order chi connectivity index (χ0) is 17.1. The smallest absolute Gasteiger partial charge is 0.362 e. The molecule has 3 aromatic rings. The van der Waals surface area contributed by atoms with Crippen LogP contribution in [0.3, 0.4) is 0 Å². The maximum Gasteiger partial charge on any atom is 0.413 e. The number of nitrogens with zero attached hydrogens (tertiary/aromatic N) is 1. The minimum absolute atomic E-state index is 0.376. The number of carbonyl (C=O) groups excluding carboxylic acids is 1. The lowest BCUT2D eigenvalue weighted by molar-refractivity contribution is -0.385. The molecule has 0 fully saturated rings. The van der Waals surface area contributed by atoms with Gasteiger partial charge in [0.05, 0.1) is 11.3 Å². The Bertz CT molecular complexity index is 960. The fourth-order valence-corrected chi connectivity index (χ4v) is 2.63. The van der Waals surface area contributed by atoms with Gasteiger partial charge in [0.15, 0.2) is 0 Å². The molecule has 0 saturated heterocycles. The van der Waals surface area contributed by atoms with Crippen molar-refractivity contribution in [2.24, 2.45) is 0 Å². The third kappa shape index (κ3) is 3.23. The molecular weight excluding hydrogens is 312 g/mol. The van der Waals surface area contributed by atoms with Crippen LogP contribution < -0.4 is 4.99 Å². The summed E-state index contributed by atoms with van der Waals surface area (Å²) in [5.74, 6) is 0.0274. The van der Waals surface area contributed by atoms with Crippen LogP contribution in [0.25, 0.3) is 17.2 Å². The number of ether oxygens (including phenoxy) is 1. The first-order valence-electron chi connectivity index (χ1n) is 7.94. The Kier molecular flexibility index (Phi) is 3.92. The first kappa shape index (κ1) is 15.0. The minimum Gasteiger partial charge on any atom is -0.362 e. The topological polar surface area (TPSA) is 53.2 Å². The summed E-state index contributed by atoms with van der Waals surface area (Å²) >= 11 is 0. The van der Waals surface area contributed by atoms with E-state index in [-0.39, 0.29) is 0 Å². The maximum absolute atomic E-state index is 12.0. The molecule has 25 heavy (non-hydrogen) atoms. The number of carbonyl (C=O) groups is 1. The number of aromatic nitrogens is 1. The predicted octanol–water partition coefficient (Wildman–Crippen LogP) is 2.17. The lowest BCUT2D eigenvalue weighted by atomic mass is 10.0. The highest BCUT2D eigenvalue weighted by Gasteiger charge is 2.32. The van der Waals surface area contributed by atoms with Gasteiger partial charge in [-0.25, -0.2) is 4.79 Å². The molecule has 1 aliphatic heterocycles. The Balaban J connectivity index is 1.61. The van der Waals surface area contributed by atoms with Crippen molar-refractivity contribution in [3.05, 3.63) is 95.9 Å². The van der Waals surface area contributed by atoms with Gasteiger partial charge < -0.3 is 4.74 Å². The molecule has 120 valence electrons. The first-order valence-corrected chi connectivity index (χ1v) is 7.94. The minimum atomic E-state index is -0.409. The third-order valence-corrected chi connectivity index (χ3v) is 3.90. The summed E-state index contributed by atoms with van der Waals surface area (Å²) in [7, 11) is 0. The van der Waals surface area contributed by atoms with Crippen molar-refractivity contribution < 1.29 is 14.5 Å². The molecule has 4 rings (SSSR count). The fourth-order valence-electron chi connectivity index (χ4n) is 2.63. The Morgan fingerprint density at radius 2 is 1.48 bits per heavy atom. The van der Waals surface area contributed by atoms with E-state index in [2.05, 4.69) is 22.1 Å². The average molecular weight is 327 g/mol. The monoisotopic (exact) mass is 327 g/mol. The average Bonchev–Trinajstić information content (AvgIpc) is 3.04. The molecule has 0 saturated carbocycles. The first-order chi connectivity index (χ1) is 12.3. The van der Waals surface area contributed by atoms with Crippen molar-refractivity contribution in [1.82, 2.24) is 4.98 Å². The summed E-state index contributed by atoms with van der Waals surface area (Å²) in [4.78, 5) is 19.3. The lowest BCUT2D eigenvalue weighted by Gasteiger charge is -2.01. The molecule has 1 N–H and O–H groups in total. The SMILES string of the molecule is O=C1OC(c2ccc(-c3ccccc3)cc2)=[NH+]C1=Cc1ccccn1. The second kappa shape index (κ2) is 6.53. The summed E-state index contributed by atoms with van der Waals surface area (Å²) in [6.45, 7) is 0. The van der Waals surface area contributed by atoms with E-state index in [4.69, 9.17) is 4.74 Å². The third-order valence-electron chi connectivity index (χ3n) is 3.90. The van der Waals surface area contributed by atoms with Gasteiger partial charge in [0.2, 0.25) is 0 Å². The van der Waals surface area contributed by atoms with Crippen LogP contribution in [0, 0.1) is 0 Å². The summed E-state index contributed by atoms with van der Waals surface area (Å²) in [6, 6.07) is 23.5. The van der Waals surface area contributed by atoms with Gasteiger partial charge in [-0.05, 0) is 35.4 Å². The maximum atomic E-state index is 12.0. The number of cyclic esters (lactones) is 1. The number of benzene rings is 2. The van der Waals surface area contributed by atoms with Crippen LogP contribution in [0.5, 0.6) is 0 Å². The zero-order valence-corrected chi connectivity index (χ0v) is 13.3. The molecule has 2 aromatic carbocycles. The van der Waals surface area contributed by atoms with E-state index in [1.165, 1.54) is 0 Å². The van der Waals surface area contributed by atoms with Gasteiger partial charge in [0.25, 0.3) is 5.70 Å². The Labute approximate surface area is 145 Å². The largest absolute Gasteiger partial charge is 0.413 e. The number of hydrogen-bond acceptors (Lipinski definition) is 3. The number of esters is 1. The second-order valence-electron chi connectivity index (χ2n) is 5.60. The van der Waals surface area contributed by atoms with Crippen LogP contribution in [-0.2, 0) is 9.53 Å². The van der Waals surface area contributed by atoms with Crippen molar-refractivity contribution in [1.29, 1.82) is 0 Å². The van der Waals surface area contributed by atoms with Gasteiger partial charge in [-0.1, -0.05) is 48.5 Å². The fraction of sp³-hybridized carbons (Fsp3) is 0. The molecule has 0 amide bonds. The molecule has 1 aromatic heterocycles. The van der Waals surface area contributed by atoms with Crippen LogP contribution in [0.15, 0.2) is 84.7 Å². The van der Waals surface area contributed by atoms with E-state index in [0.29, 0.717) is 17.3 Å². The van der Waals surface area contributed by atoms with Crippen LogP contribution in [0.4, 0.5) is 0 Å². The van der Waals surface area contributed by atoms with Crippen LogP contribution in [0.1, 0.15) is 11.3 Å². The molecule has 0 aliphatic carbocycles. The molecular formula is C21H15N2O2+. The van der Waals surface area contributed by atoms with Gasteiger partial charge in [-0.2, -0.15) is 4.99 Å². The quantitative estimate of drug-likeness (QED) is 0.592. The number of rotatable bonds is 3. The van der Waals surface area contributed by atoms with E-state index in [1.807, 2.05) is 60.7 Å². The standard InChI is InChI=1S/C21H14N2O2/c24-21-19(14-18-8-4-5-13-22-18)23-20(25-21)17-11-9-16(10-12-17)15-6-2-1-3-7-15/h1-14H/p+1. The summed E-state index contributed by atoms with van der Waals surface area (Å²) in [5.41, 5.74) is 4.14. The van der Waals surface area contributed by atoms with Gasteiger partial charge in [-0.3, -0.25) is 4.98 Å². The van der Waals surface area contributed by atoms with Crippen molar-refractivity contribution in [2.75, 3.05) is 0 Å². The molecule has 4 heteroatoms. The van der Waals surface area contributed by atoms with Crippen LogP contribution >= 0.6 is 0 Å². The summed E-state index contributed by atoms with van der Waals surface area (Å²) < 4.78 is 5.35. The lowest BCUT2D eigenvalue weighted by Crippen LogP contribution is -2.68. The van der Waals surface area contributed by atoms with Crippen LogP contribution in [0.2, 0.25) is 0 Å². The number of hydrogen-bond donors (Lipinski definition) is 1. The van der Waals surface area contributed by atoms with Gasteiger partial charge in [0, 0.05) is 12.3 Å². The van der Waals surface area contributed by atoms with E-state index in [1.54, 1.807) is 12.3 Å². The summed E-state index contributed by atoms with van der Waals surface area (Å²) in [5, 5.41) is 0. The molecule has 0 unspecified atom stereocenters. The Morgan fingerprint density at radius 1 is 0.800 bits per heavy atom. The van der Waals surface area contributed by atoms with E-state index in [9.17, 15) is 4.79 Å². The highest BCUT2D eigenvalue weighted by atomic mass is 16.6. The van der Waals surface area contributed by atoms with E-state index in [0.717, 1.165) is 16.7 Å². The Morgan fingerprint density at radius 3 is 2.20 bits per heavy atom.